The summed E-state index contributed by atoms with van der Waals surface area (Å²) in [5, 5.41) is 9.33. The first-order valence-corrected chi connectivity index (χ1v) is 34.4. The van der Waals surface area contributed by atoms with Crippen LogP contribution in [0.4, 0.5) is 0 Å². The van der Waals surface area contributed by atoms with E-state index in [9.17, 15) is 14.7 Å². The average Bonchev–Trinajstić information content (AvgIpc) is 3.43. The number of hydrogen-bond donors (Lipinski definition) is 1. The fourth-order valence-electron chi connectivity index (χ4n) is 9.90. The molecule has 0 aliphatic heterocycles. The number of ether oxygens (including phenoxy) is 5. The highest BCUT2D eigenvalue weighted by molar-refractivity contribution is 5.69. The van der Waals surface area contributed by atoms with Gasteiger partial charge in [0.15, 0.2) is 6.29 Å². The lowest BCUT2D eigenvalue weighted by atomic mass is 10.1. The highest BCUT2D eigenvalue weighted by atomic mass is 16.7. The van der Waals surface area contributed by atoms with Crippen LogP contribution in [0.3, 0.4) is 0 Å². The molecule has 0 aromatic rings. The maximum Gasteiger partial charge on any atom is 0.305 e. The predicted octanol–water partition coefficient (Wildman–Crippen LogP) is 20.3. The molecular formula is C68H137NO8. The summed E-state index contributed by atoms with van der Waals surface area (Å²) in [7, 11) is 0. The molecule has 0 heterocycles. The van der Waals surface area contributed by atoms with Gasteiger partial charge >= 0.3 is 11.9 Å². The standard InChI is InChI=1S/C58H115NO8.C10H22/c1-5-8-11-14-21-28-37-50-63-55(4)42-43-56(61)64-51-38-29-24-17-19-26-33-46-59(48-35-36-49-60)47-34-27-20-18-25-30-39-52-65-57(62)44-45-58(66-53-40-31-22-15-12-9-6-2)67-54-41-32-23-16-13-10-7-3;1-3-5-7-9-10-8-6-4-2/h55,58,60H,5-54H2,1-4H3;3-10H2,1-2H3. The van der Waals surface area contributed by atoms with Gasteiger partial charge in [0.1, 0.15) is 0 Å². The first-order valence-electron chi connectivity index (χ1n) is 34.4. The number of rotatable bonds is 64. The Kier molecular flexibility index (Phi) is 69.7. The van der Waals surface area contributed by atoms with Gasteiger partial charge in [-0.25, -0.2) is 0 Å². The minimum absolute atomic E-state index is 0.0864. The van der Waals surface area contributed by atoms with E-state index in [2.05, 4.69) is 46.4 Å². The molecule has 1 atom stereocenters. The number of aliphatic hydroxyl groups is 1. The molecule has 0 bridgehead atoms. The lowest BCUT2D eigenvalue weighted by Crippen LogP contribution is -2.27. The van der Waals surface area contributed by atoms with E-state index >= 15 is 0 Å². The Morgan fingerprint density at radius 2 is 0.584 bits per heavy atom. The third-order valence-corrected chi connectivity index (χ3v) is 15.2. The van der Waals surface area contributed by atoms with Crippen LogP contribution in [0, 0.1) is 0 Å². The van der Waals surface area contributed by atoms with E-state index in [1.165, 1.54) is 231 Å². The molecule has 0 aromatic heterocycles. The van der Waals surface area contributed by atoms with Crippen LogP contribution in [0.1, 0.15) is 356 Å². The van der Waals surface area contributed by atoms with E-state index in [0.29, 0.717) is 45.7 Å². The zero-order chi connectivity index (χ0) is 56.4. The molecule has 0 aliphatic rings. The molecule has 77 heavy (non-hydrogen) atoms. The summed E-state index contributed by atoms with van der Waals surface area (Å²) < 4.78 is 29.3. The minimum atomic E-state index is -0.312. The molecule has 1 unspecified atom stereocenters. The summed E-state index contributed by atoms with van der Waals surface area (Å²) in [5.74, 6) is -0.216. The molecule has 0 aliphatic carbocycles. The van der Waals surface area contributed by atoms with Gasteiger partial charge in [-0.1, -0.05) is 266 Å². The van der Waals surface area contributed by atoms with Crippen LogP contribution in [0.25, 0.3) is 0 Å². The summed E-state index contributed by atoms with van der Waals surface area (Å²) in [6, 6.07) is 0. The molecule has 0 aromatic carbocycles. The molecule has 0 fully saturated rings. The topological polar surface area (TPSA) is 104 Å². The Labute approximate surface area is 481 Å². The van der Waals surface area contributed by atoms with Crippen molar-refractivity contribution >= 4 is 11.9 Å². The van der Waals surface area contributed by atoms with E-state index in [1.807, 2.05) is 0 Å². The average molecular weight is 1100 g/mol. The smallest absolute Gasteiger partial charge is 0.305 e. The van der Waals surface area contributed by atoms with Crippen molar-refractivity contribution in [1.82, 2.24) is 4.90 Å². The van der Waals surface area contributed by atoms with Gasteiger partial charge in [0.25, 0.3) is 0 Å². The zero-order valence-electron chi connectivity index (χ0n) is 52.9. The second-order valence-electron chi connectivity index (χ2n) is 23.1. The maximum absolute atomic E-state index is 12.6. The van der Waals surface area contributed by atoms with E-state index in [0.717, 1.165) is 90.4 Å². The largest absolute Gasteiger partial charge is 0.466 e. The molecule has 9 heteroatoms. The Bertz CT molecular complexity index is 1080. The molecule has 0 radical (unpaired) electrons. The van der Waals surface area contributed by atoms with Crippen LogP contribution in [0.5, 0.6) is 0 Å². The van der Waals surface area contributed by atoms with Crippen molar-refractivity contribution < 1.29 is 38.4 Å². The van der Waals surface area contributed by atoms with Crippen LogP contribution < -0.4 is 0 Å². The quantitative estimate of drug-likeness (QED) is 0.0362. The van der Waals surface area contributed by atoms with E-state index in [-0.39, 0.29) is 30.9 Å². The summed E-state index contributed by atoms with van der Waals surface area (Å²) in [4.78, 5) is 27.4. The zero-order valence-corrected chi connectivity index (χ0v) is 52.9. The van der Waals surface area contributed by atoms with Crippen molar-refractivity contribution in [3.8, 4) is 0 Å². The van der Waals surface area contributed by atoms with Gasteiger partial charge in [0.2, 0.25) is 0 Å². The van der Waals surface area contributed by atoms with Gasteiger partial charge in [-0.05, 0) is 90.8 Å². The summed E-state index contributed by atoms with van der Waals surface area (Å²) in [5.41, 5.74) is 0. The highest BCUT2D eigenvalue weighted by Gasteiger charge is 2.14. The maximum atomic E-state index is 12.6. The Morgan fingerprint density at radius 1 is 0.325 bits per heavy atom. The fourth-order valence-corrected chi connectivity index (χ4v) is 9.90. The van der Waals surface area contributed by atoms with Crippen molar-refractivity contribution in [2.45, 2.75) is 369 Å². The lowest BCUT2D eigenvalue weighted by Gasteiger charge is -2.22. The number of carbonyl (C=O) groups is 2. The minimum Gasteiger partial charge on any atom is -0.466 e. The molecule has 0 saturated heterocycles. The second kappa shape index (κ2) is 69.0. The van der Waals surface area contributed by atoms with Crippen molar-refractivity contribution in [2.24, 2.45) is 0 Å². The van der Waals surface area contributed by atoms with Crippen molar-refractivity contribution in [2.75, 3.05) is 59.3 Å². The fraction of sp³-hybridized carbons (Fsp3) is 0.971. The monoisotopic (exact) mass is 1100 g/mol. The third kappa shape index (κ3) is 67.2. The number of hydrogen-bond acceptors (Lipinski definition) is 9. The van der Waals surface area contributed by atoms with E-state index in [1.54, 1.807) is 0 Å². The predicted molar refractivity (Wildman–Crippen MR) is 331 cm³/mol. The molecule has 0 saturated carbocycles. The van der Waals surface area contributed by atoms with Crippen LogP contribution >= 0.6 is 0 Å². The first kappa shape index (κ1) is 77.8. The van der Waals surface area contributed by atoms with Crippen molar-refractivity contribution in [1.29, 1.82) is 0 Å². The van der Waals surface area contributed by atoms with Gasteiger partial charge in [0, 0.05) is 39.3 Å². The van der Waals surface area contributed by atoms with Gasteiger partial charge in [-0.3, -0.25) is 9.59 Å². The van der Waals surface area contributed by atoms with Crippen LogP contribution in [0.2, 0.25) is 0 Å². The lowest BCUT2D eigenvalue weighted by molar-refractivity contribution is -0.159. The second-order valence-corrected chi connectivity index (χ2v) is 23.1. The first-order chi connectivity index (χ1) is 37.9. The normalized spacial score (nSPS) is 11.9. The Balaban J connectivity index is 0. The number of esters is 2. The number of unbranched alkanes of at least 4 members (excludes halogenated alkanes) is 38. The number of aliphatic hydroxyl groups excluding tert-OH is 1. The SMILES string of the molecule is CCCCCCCCCC.CCCCCCCCCOC(C)CCC(=O)OCCCCCCCCCN(CCCCO)CCCCCCCCCOC(=O)CCC(OCCCCCCCCC)OCCCCCCCCC. The molecule has 9 nitrogen and oxygen atoms in total. The van der Waals surface area contributed by atoms with Gasteiger partial charge < -0.3 is 33.7 Å². The van der Waals surface area contributed by atoms with Gasteiger partial charge in [0.05, 0.1) is 25.7 Å². The molecule has 462 valence electrons. The third-order valence-electron chi connectivity index (χ3n) is 15.2. The van der Waals surface area contributed by atoms with Gasteiger partial charge in [-0.15, -0.1) is 0 Å². The van der Waals surface area contributed by atoms with Crippen LogP contribution in [-0.4, -0.2) is 93.6 Å². The van der Waals surface area contributed by atoms with Crippen molar-refractivity contribution in [3.05, 3.63) is 0 Å². The molecule has 0 spiro atoms. The summed E-state index contributed by atoms with van der Waals surface area (Å²) in [6.45, 7) is 20.3. The van der Waals surface area contributed by atoms with Crippen LogP contribution in [-0.2, 0) is 33.3 Å². The molecule has 0 amide bonds. The Morgan fingerprint density at radius 3 is 0.909 bits per heavy atom. The highest BCUT2D eigenvalue weighted by Crippen LogP contribution is 2.16. The molecule has 0 rings (SSSR count). The van der Waals surface area contributed by atoms with E-state index in [4.69, 9.17) is 23.7 Å². The van der Waals surface area contributed by atoms with Crippen molar-refractivity contribution in [3.63, 3.8) is 0 Å². The number of nitrogens with zero attached hydrogens (tertiary/aromatic N) is 1. The summed E-state index contributed by atoms with van der Waals surface area (Å²) in [6.07, 6.45) is 58.4. The van der Waals surface area contributed by atoms with Crippen LogP contribution in [0.15, 0.2) is 0 Å². The van der Waals surface area contributed by atoms with Gasteiger partial charge in [-0.2, -0.15) is 0 Å². The van der Waals surface area contributed by atoms with E-state index < -0.39 is 0 Å². The molecular weight excluding hydrogens is 959 g/mol. The number of carbonyl (C=O) groups excluding carboxylic acids is 2. The summed E-state index contributed by atoms with van der Waals surface area (Å²) >= 11 is 0. The Hall–Kier alpha value is -1.26. The molecule has 1 N–H and O–H groups in total.